The van der Waals surface area contributed by atoms with Crippen LogP contribution < -0.4 is 5.32 Å². The molecule has 1 unspecified atom stereocenters. The number of aromatic nitrogens is 3. The summed E-state index contributed by atoms with van der Waals surface area (Å²) < 4.78 is 31.6. The summed E-state index contributed by atoms with van der Waals surface area (Å²) in [7, 11) is 3.87. The molecule has 1 saturated carbocycles. The average molecular weight is 554 g/mol. The highest BCUT2D eigenvalue weighted by Gasteiger charge is 2.39. The zero-order chi connectivity index (χ0) is 28.9. The molecule has 1 fully saturated rings. The Labute approximate surface area is 233 Å². The molecular weight excluding hydrogens is 516 g/mol. The number of aliphatic hydroxyl groups is 1. The van der Waals surface area contributed by atoms with E-state index >= 15 is 0 Å². The van der Waals surface area contributed by atoms with Crippen molar-refractivity contribution in [3.8, 4) is 11.3 Å². The van der Waals surface area contributed by atoms with Crippen LogP contribution in [0.15, 0.2) is 48.8 Å². The molecule has 4 rings (SSSR count). The number of likely N-dealkylation sites (N-methyl/N-ethyl adjacent to an activating group) is 1. The van der Waals surface area contributed by atoms with Crippen molar-refractivity contribution in [3.05, 3.63) is 65.6 Å². The Hall–Kier alpha value is -3.50. The Bertz CT molecular complexity index is 1290. The van der Waals surface area contributed by atoms with E-state index in [1.165, 1.54) is 18.3 Å². The molecular formula is C30H37F2N5O3. The van der Waals surface area contributed by atoms with Gasteiger partial charge in [0.2, 0.25) is 0 Å². The van der Waals surface area contributed by atoms with Crippen LogP contribution in [-0.2, 0) is 15.1 Å². The van der Waals surface area contributed by atoms with Crippen molar-refractivity contribution >= 4 is 17.6 Å². The number of aryl methyl sites for hydroxylation is 1. The highest BCUT2D eigenvalue weighted by Crippen LogP contribution is 2.41. The first kappa shape index (κ1) is 29.5. The predicted molar refractivity (Wildman–Crippen MR) is 149 cm³/mol. The van der Waals surface area contributed by atoms with Crippen LogP contribution in [0.25, 0.3) is 11.3 Å². The average Bonchev–Trinajstić information content (AvgIpc) is 2.92. The maximum atomic E-state index is 13.1. The first-order chi connectivity index (χ1) is 19.0. The number of carbonyl (C=O) groups excluding carboxylic acids is 1. The summed E-state index contributed by atoms with van der Waals surface area (Å²) in [6, 6.07) is 9.96. The van der Waals surface area contributed by atoms with Gasteiger partial charge in [0, 0.05) is 30.1 Å². The molecule has 214 valence electrons. The van der Waals surface area contributed by atoms with Crippen LogP contribution in [0.4, 0.5) is 20.4 Å². The summed E-state index contributed by atoms with van der Waals surface area (Å²) in [6.07, 6.45) is 3.20. The number of nitrogens with zero attached hydrogens (tertiary/aromatic N) is 4. The number of nitrogens with one attached hydrogen (secondary N) is 1. The van der Waals surface area contributed by atoms with Crippen LogP contribution in [0.5, 0.6) is 0 Å². The van der Waals surface area contributed by atoms with Gasteiger partial charge in [0.1, 0.15) is 23.8 Å². The fraction of sp³-hybridized carbons (Fsp3) is 0.467. The number of hydrogen-bond acceptors (Lipinski definition) is 8. The summed E-state index contributed by atoms with van der Waals surface area (Å²) >= 11 is 0. The lowest BCUT2D eigenvalue weighted by atomic mass is 9.73. The summed E-state index contributed by atoms with van der Waals surface area (Å²) in [6.45, 7) is 4.78. The molecule has 3 heterocycles. The van der Waals surface area contributed by atoms with Gasteiger partial charge in [-0.2, -0.15) is 0 Å². The Morgan fingerprint density at radius 3 is 2.52 bits per heavy atom. The van der Waals surface area contributed by atoms with E-state index in [0.717, 1.165) is 11.1 Å². The molecule has 0 bridgehead atoms. The van der Waals surface area contributed by atoms with Crippen molar-refractivity contribution < 1.29 is 23.4 Å². The van der Waals surface area contributed by atoms with Gasteiger partial charge >= 0.3 is 5.97 Å². The zero-order valence-corrected chi connectivity index (χ0v) is 23.4. The molecule has 0 amide bonds. The number of pyridine rings is 3. The van der Waals surface area contributed by atoms with Gasteiger partial charge in [-0.05, 0) is 102 Å². The van der Waals surface area contributed by atoms with Crippen molar-refractivity contribution in [1.82, 2.24) is 19.9 Å². The SMILES string of the molecule is Cc1cc(Nc2cc(C(F)F)ccn2)nc(-c2ccc(C(C)(O)[C@H]3CC[C@H](C(=O)OCCN(C)C)CC3)nc2)c1. The van der Waals surface area contributed by atoms with E-state index in [9.17, 15) is 18.7 Å². The Morgan fingerprint density at radius 2 is 1.88 bits per heavy atom. The van der Waals surface area contributed by atoms with Crippen LogP contribution in [0.2, 0.25) is 0 Å². The molecule has 10 heteroatoms. The maximum absolute atomic E-state index is 13.1. The molecule has 2 N–H and O–H groups in total. The van der Waals surface area contributed by atoms with Crippen molar-refractivity contribution in [2.75, 3.05) is 32.6 Å². The Kier molecular flexibility index (Phi) is 9.42. The second-order valence-electron chi connectivity index (χ2n) is 10.9. The first-order valence-corrected chi connectivity index (χ1v) is 13.5. The Morgan fingerprint density at radius 1 is 1.12 bits per heavy atom. The first-order valence-electron chi connectivity index (χ1n) is 13.5. The monoisotopic (exact) mass is 553 g/mol. The topological polar surface area (TPSA) is 100 Å². The number of esters is 1. The van der Waals surface area contributed by atoms with E-state index < -0.39 is 12.0 Å². The predicted octanol–water partition coefficient (Wildman–Crippen LogP) is 5.65. The number of rotatable bonds is 10. The van der Waals surface area contributed by atoms with Gasteiger partial charge in [-0.3, -0.25) is 9.78 Å². The molecule has 1 atom stereocenters. The smallest absolute Gasteiger partial charge is 0.308 e. The molecule has 0 saturated heterocycles. The van der Waals surface area contributed by atoms with Crippen molar-refractivity contribution in [3.63, 3.8) is 0 Å². The third kappa shape index (κ3) is 7.37. The summed E-state index contributed by atoms with van der Waals surface area (Å²) in [4.78, 5) is 27.7. The molecule has 40 heavy (non-hydrogen) atoms. The fourth-order valence-electron chi connectivity index (χ4n) is 5.05. The van der Waals surface area contributed by atoms with Gasteiger partial charge in [0.05, 0.1) is 17.3 Å². The molecule has 0 radical (unpaired) electrons. The van der Waals surface area contributed by atoms with Gasteiger partial charge in [-0.1, -0.05) is 0 Å². The lowest BCUT2D eigenvalue weighted by molar-refractivity contribution is -0.151. The third-order valence-corrected chi connectivity index (χ3v) is 7.48. The normalized spacial score (nSPS) is 18.9. The van der Waals surface area contributed by atoms with E-state index in [0.29, 0.717) is 56.0 Å². The summed E-state index contributed by atoms with van der Waals surface area (Å²) in [5.41, 5.74) is 1.62. The molecule has 0 spiro atoms. The summed E-state index contributed by atoms with van der Waals surface area (Å²) in [5, 5.41) is 14.4. The highest BCUT2D eigenvalue weighted by molar-refractivity contribution is 5.72. The van der Waals surface area contributed by atoms with E-state index in [2.05, 4.69) is 20.3 Å². The number of alkyl halides is 2. The minimum Gasteiger partial charge on any atom is -0.464 e. The molecule has 1 aliphatic rings. The van der Waals surface area contributed by atoms with Gasteiger partial charge in [0.25, 0.3) is 6.43 Å². The van der Waals surface area contributed by atoms with E-state index in [-0.39, 0.29) is 29.2 Å². The van der Waals surface area contributed by atoms with E-state index in [1.807, 2.05) is 44.1 Å². The van der Waals surface area contributed by atoms with Crippen LogP contribution in [0.3, 0.4) is 0 Å². The second kappa shape index (κ2) is 12.8. The molecule has 0 aliphatic heterocycles. The van der Waals surface area contributed by atoms with Crippen LogP contribution in [0.1, 0.15) is 55.9 Å². The maximum Gasteiger partial charge on any atom is 0.308 e. The summed E-state index contributed by atoms with van der Waals surface area (Å²) in [5.74, 6) is 0.443. The van der Waals surface area contributed by atoms with E-state index in [1.54, 1.807) is 19.2 Å². The second-order valence-corrected chi connectivity index (χ2v) is 10.9. The van der Waals surface area contributed by atoms with Crippen molar-refractivity contribution in [2.24, 2.45) is 11.8 Å². The number of carbonyl (C=O) groups is 1. The molecule has 3 aromatic heterocycles. The zero-order valence-electron chi connectivity index (χ0n) is 23.4. The van der Waals surface area contributed by atoms with Crippen LogP contribution in [-0.4, -0.2) is 58.2 Å². The van der Waals surface area contributed by atoms with E-state index in [4.69, 9.17) is 4.74 Å². The van der Waals surface area contributed by atoms with Crippen molar-refractivity contribution in [1.29, 1.82) is 0 Å². The van der Waals surface area contributed by atoms with Crippen molar-refractivity contribution in [2.45, 2.75) is 51.6 Å². The molecule has 8 nitrogen and oxygen atoms in total. The standard InChI is InChI=1S/C30H37F2N5O3/c1-19-15-24(35-27(16-19)36-26-17-21(28(31)32)11-12-33-26)22-7-10-25(34-18-22)30(2,39)23-8-5-20(6-9-23)29(38)40-14-13-37(3)4/h7,10-12,15-18,20,23,28,39H,5-6,8-9,13-14H2,1-4H3,(H,33,35,36)/t20-,23-,30?. The van der Waals surface area contributed by atoms with Crippen LogP contribution >= 0.6 is 0 Å². The van der Waals surface area contributed by atoms with Crippen LogP contribution in [0, 0.1) is 18.8 Å². The van der Waals surface area contributed by atoms with Gasteiger partial charge in [-0.15, -0.1) is 0 Å². The minimum atomic E-state index is -2.59. The molecule has 1 aliphatic carbocycles. The Balaban J connectivity index is 1.41. The number of ether oxygens (including phenoxy) is 1. The number of anilines is 2. The van der Waals surface area contributed by atoms with Gasteiger partial charge < -0.3 is 20.1 Å². The largest absolute Gasteiger partial charge is 0.464 e. The van der Waals surface area contributed by atoms with Gasteiger partial charge in [0.15, 0.2) is 0 Å². The quantitative estimate of drug-likeness (QED) is 0.311. The van der Waals surface area contributed by atoms with Gasteiger partial charge in [-0.25, -0.2) is 18.7 Å². The fourth-order valence-corrected chi connectivity index (χ4v) is 5.05. The lowest BCUT2D eigenvalue weighted by Crippen LogP contribution is -2.37. The number of hydrogen-bond donors (Lipinski definition) is 2. The molecule has 0 aromatic carbocycles. The highest BCUT2D eigenvalue weighted by atomic mass is 19.3. The third-order valence-electron chi connectivity index (χ3n) is 7.48. The minimum absolute atomic E-state index is 0.0268. The lowest BCUT2D eigenvalue weighted by Gasteiger charge is -2.37. The molecule has 3 aromatic rings. The number of halogens is 2.